The number of ether oxygens (including phenoxy) is 1. The van der Waals surface area contributed by atoms with Gasteiger partial charge in [-0.05, 0) is 62.9 Å². The van der Waals surface area contributed by atoms with Crippen LogP contribution in [0.3, 0.4) is 0 Å². The van der Waals surface area contributed by atoms with E-state index < -0.39 is 0 Å². The molecule has 0 radical (unpaired) electrons. The lowest BCUT2D eigenvalue weighted by atomic mass is 10.1. The minimum atomic E-state index is -0.184. The van der Waals surface area contributed by atoms with Crippen molar-refractivity contribution in [2.24, 2.45) is 0 Å². The molecule has 2 aromatic heterocycles. The summed E-state index contributed by atoms with van der Waals surface area (Å²) in [5, 5.41) is 23.7. The number of aromatic nitrogens is 3. The maximum absolute atomic E-state index is 11.8. The molecule has 0 aliphatic carbocycles. The van der Waals surface area contributed by atoms with Crippen LogP contribution in [0, 0.1) is 13.8 Å². The van der Waals surface area contributed by atoms with Crippen molar-refractivity contribution in [3.05, 3.63) is 46.8 Å². The Morgan fingerprint density at radius 2 is 1.97 bits per heavy atom. The summed E-state index contributed by atoms with van der Waals surface area (Å²) in [7, 11) is 0. The molecule has 3 N–H and O–H groups in total. The van der Waals surface area contributed by atoms with E-state index in [1.165, 1.54) is 0 Å². The van der Waals surface area contributed by atoms with Crippen LogP contribution in [0.15, 0.2) is 24.3 Å². The Bertz CT molecular complexity index is 1170. The fourth-order valence-electron chi connectivity index (χ4n) is 4.50. The SMILES string of the molecule is CCOC(=O)CN1CCC(Nc2nc3c(C)cc(CO)cc3n2Cc2nc(C)ccc2O)CC1. The third-order valence-electron chi connectivity index (χ3n) is 6.26. The lowest BCUT2D eigenvalue weighted by molar-refractivity contribution is -0.144. The normalized spacial score (nSPS) is 15.1. The van der Waals surface area contributed by atoms with E-state index in [1.807, 2.05) is 37.5 Å². The van der Waals surface area contributed by atoms with Gasteiger partial charge in [0.05, 0.1) is 37.3 Å². The van der Waals surface area contributed by atoms with Gasteiger partial charge in [-0.25, -0.2) is 4.98 Å². The number of rotatable bonds is 8. The number of nitrogens with zero attached hydrogens (tertiary/aromatic N) is 4. The van der Waals surface area contributed by atoms with Crippen LogP contribution in [0.5, 0.6) is 5.75 Å². The molecule has 0 atom stereocenters. The van der Waals surface area contributed by atoms with Crippen molar-refractivity contribution in [3.8, 4) is 5.75 Å². The van der Waals surface area contributed by atoms with Crippen LogP contribution >= 0.6 is 0 Å². The van der Waals surface area contributed by atoms with Gasteiger partial charge in [0, 0.05) is 24.8 Å². The number of aliphatic hydroxyl groups is 1. The van der Waals surface area contributed by atoms with E-state index in [0.717, 1.165) is 53.8 Å². The molecular weight excluding hydrogens is 434 g/mol. The zero-order chi connectivity index (χ0) is 24.2. The molecule has 1 aliphatic rings. The van der Waals surface area contributed by atoms with Crippen molar-refractivity contribution < 1.29 is 19.7 Å². The van der Waals surface area contributed by atoms with E-state index in [2.05, 4.69) is 15.2 Å². The van der Waals surface area contributed by atoms with Crippen LogP contribution in [0.1, 0.15) is 42.3 Å². The van der Waals surface area contributed by atoms with Gasteiger partial charge in [-0.3, -0.25) is 14.7 Å². The Balaban J connectivity index is 1.59. The minimum Gasteiger partial charge on any atom is -0.506 e. The first-order valence-corrected chi connectivity index (χ1v) is 11.8. The van der Waals surface area contributed by atoms with Crippen LogP contribution in [-0.4, -0.2) is 67.9 Å². The monoisotopic (exact) mass is 467 g/mol. The van der Waals surface area contributed by atoms with Crippen LogP contribution in [0.25, 0.3) is 11.0 Å². The largest absolute Gasteiger partial charge is 0.506 e. The molecule has 3 heterocycles. The van der Waals surface area contributed by atoms with E-state index >= 15 is 0 Å². The summed E-state index contributed by atoms with van der Waals surface area (Å²) in [5.74, 6) is 0.664. The minimum absolute atomic E-state index is 0.0579. The third kappa shape index (κ3) is 5.31. The molecule has 0 saturated carbocycles. The van der Waals surface area contributed by atoms with E-state index in [0.29, 0.717) is 31.3 Å². The number of anilines is 1. The van der Waals surface area contributed by atoms with Gasteiger partial charge in [-0.2, -0.15) is 0 Å². The van der Waals surface area contributed by atoms with Gasteiger partial charge >= 0.3 is 5.97 Å². The van der Waals surface area contributed by atoms with Crippen molar-refractivity contribution in [2.75, 3.05) is 31.6 Å². The number of nitrogens with one attached hydrogen (secondary N) is 1. The summed E-state index contributed by atoms with van der Waals surface area (Å²) in [6.07, 6.45) is 1.74. The number of piperidine rings is 1. The quantitative estimate of drug-likeness (QED) is 0.434. The number of pyridine rings is 1. The molecular formula is C25H33N5O4. The number of fused-ring (bicyclic) bond motifs is 1. The summed E-state index contributed by atoms with van der Waals surface area (Å²) in [4.78, 5) is 23.3. The van der Waals surface area contributed by atoms with Crippen LogP contribution < -0.4 is 5.32 Å². The average molecular weight is 468 g/mol. The summed E-state index contributed by atoms with van der Waals surface area (Å²) >= 11 is 0. The van der Waals surface area contributed by atoms with E-state index in [4.69, 9.17) is 9.72 Å². The molecule has 1 aromatic carbocycles. The number of aryl methyl sites for hydroxylation is 2. The molecule has 0 unspecified atom stereocenters. The predicted octanol–water partition coefficient (Wildman–Crippen LogP) is 2.73. The molecule has 182 valence electrons. The number of carbonyl (C=O) groups excluding carboxylic acids is 1. The molecule has 0 bridgehead atoms. The number of esters is 1. The van der Waals surface area contributed by atoms with E-state index in [9.17, 15) is 15.0 Å². The molecule has 4 rings (SSSR count). The number of hydrogen-bond acceptors (Lipinski definition) is 8. The van der Waals surface area contributed by atoms with Crippen molar-refractivity contribution in [2.45, 2.75) is 52.8 Å². The number of benzene rings is 1. The highest BCUT2D eigenvalue weighted by Gasteiger charge is 2.24. The second kappa shape index (κ2) is 10.4. The van der Waals surface area contributed by atoms with Crippen molar-refractivity contribution in [1.29, 1.82) is 0 Å². The lowest BCUT2D eigenvalue weighted by Gasteiger charge is -2.31. The first kappa shape index (κ1) is 24.0. The first-order valence-electron chi connectivity index (χ1n) is 11.8. The molecule has 1 aliphatic heterocycles. The fourth-order valence-corrected chi connectivity index (χ4v) is 4.50. The maximum Gasteiger partial charge on any atom is 0.320 e. The van der Waals surface area contributed by atoms with Gasteiger partial charge in [0.15, 0.2) is 0 Å². The summed E-state index contributed by atoms with van der Waals surface area (Å²) < 4.78 is 7.09. The van der Waals surface area contributed by atoms with Crippen molar-refractivity contribution in [3.63, 3.8) is 0 Å². The number of hydrogen-bond donors (Lipinski definition) is 3. The third-order valence-corrected chi connectivity index (χ3v) is 6.26. The number of imidazole rings is 1. The smallest absolute Gasteiger partial charge is 0.320 e. The van der Waals surface area contributed by atoms with E-state index in [1.54, 1.807) is 12.1 Å². The predicted molar refractivity (Wildman–Crippen MR) is 130 cm³/mol. The standard InChI is InChI=1S/C25H33N5O4/c1-4-34-23(33)14-29-9-7-19(8-10-29)27-25-28-24-16(2)11-18(15-31)12-21(24)30(25)13-20-22(32)6-5-17(3)26-20/h5-6,11-12,19,31-32H,4,7-10,13-15H2,1-3H3,(H,27,28). The second-order valence-corrected chi connectivity index (χ2v) is 8.88. The van der Waals surface area contributed by atoms with Gasteiger partial charge in [0.1, 0.15) is 11.4 Å². The Hall–Kier alpha value is -3.17. The van der Waals surface area contributed by atoms with Gasteiger partial charge in [0.2, 0.25) is 5.95 Å². The van der Waals surface area contributed by atoms with Gasteiger partial charge in [-0.1, -0.05) is 6.07 Å². The summed E-state index contributed by atoms with van der Waals surface area (Å²) in [6, 6.07) is 7.52. The second-order valence-electron chi connectivity index (χ2n) is 8.88. The Morgan fingerprint density at radius 1 is 1.21 bits per heavy atom. The van der Waals surface area contributed by atoms with Crippen LogP contribution in [0.4, 0.5) is 5.95 Å². The van der Waals surface area contributed by atoms with Crippen LogP contribution in [0.2, 0.25) is 0 Å². The van der Waals surface area contributed by atoms with Crippen LogP contribution in [-0.2, 0) is 22.7 Å². The zero-order valence-corrected chi connectivity index (χ0v) is 20.0. The van der Waals surface area contributed by atoms with Crippen molar-refractivity contribution >= 4 is 23.0 Å². The molecule has 1 fully saturated rings. The fraction of sp³-hybridized carbons (Fsp3) is 0.480. The number of likely N-dealkylation sites (tertiary alicyclic amines) is 1. The number of aromatic hydroxyl groups is 1. The highest BCUT2D eigenvalue weighted by Crippen LogP contribution is 2.28. The summed E-state index contributed by atoms with van der Waals surface area (Å²) in [5.41, 5.74) is 4.92. The highest BCUT2D eigenvalue weighted by atomic mass is 16.5. The zero-order valence-electron chi connectivity index (χ0n) is 20.0. The molecule has 9 nitrogen and oxygen atoms in total. The Kier molecular flexibility index (Phi) is 7.33. The molecule has 0 spiro atoms. The molecule has 0 amide bonds. The van der Waals surface area contributed by atoms with Crippen molar-refractivity contribution in [1.82, 2.24) is 19.4 Å². The Morgan fingerprint density at radius 3 is 2.68 bits per heavy atom. The number of aliphatic hydroxyl groups excluding tert-OH is 1. The maximum atomic E-state index is 11.8. The molecule has 34 heavy (non-hydrogen) atoms. The average Bonchev–Trinajstić information content (AvgIpc) is 3.15. The van der Waals surface area contributed by atoms with E-state index in [-0.39, 0.29) is 24.4 Å². The van der Waals surface area contributed by atoms with Gasteiger partial charge in [-0.15, -0.1) is 0 Å². The first-order chi connectivity index (χ1) is 16.4. The van der Waals surface area contributed by atoms with Gasteiger partial charge < -0.3 is 24.8 Å². The highest BCUT2D eigenvalue weighted by molar-refractivity contribution is 5.83. The summed E-state index contributed by atoms with van der Waals surface area (Å²) in [6.45, 7) is 8.30. The number of carbonyl (C=O) groups is 1. The molecule has 3 aromatic rings. The topological polar surface area (TPSA) is 113 Å². The van der Waals surface area contributed by atoms with Gasteiger partial charge in [0.25, 0.3) is 0 Å². The molecule has 1 saturated heterocycles. The Labute approximate surface area is 199 Å². The lowest BCUT2D eigenvalue weighted by Crippen LogP contribution is -2.42. The molecule has 9 heteroatoms.